The first kappa shape index (κ1) is 18.1. The highest BCUT2D eigenvalue weighted by Crippen LogP contribution is 2.27. The van der Waals surface area contributed by atoms with Gasteiger partial charge in [-0.1, -0.05) is 6.92 Å². The first-order valence-electron chi connectivity index (χ1n) is 6.73. The van der Waals surface area contributed by atoms with Gasteiger partial charge in [-0.3, -0.25) is 19.8 Å². The lowest BCUT2D eigenvalue weighted by Gasteiger charge is -2.20. The third-order valence-corrected chi connectivity index (χ3v) is 3.66. The number of nitrogens with one attached hydrogen (secondary N) is 1. The molecule has 22 heavy (non-hydrogen) atoms. The van der Waals surface area contributed by atoms with Crippen LogP contribution in [0.3, 0.4) is 0 Å². The number of halogens is 1. The van der Waals surface area contributed by atoms with E-state index in [-0.39, 0.29) is 24.1 Å². The van der Waals surface area contributed by atoms with Crippen molar-refractivity contribution in [3.05, 3.63) is 32.8 Å². The summed E-state index contributed by atoms with van der Waals surface area (Å²) in [5.74, 6) is -0.389. The second kappa shape index (κ2) is 8.46. The number of likely N-dealkylation sites (N-methyl/N-ethyl adjacent to an activating group) is 1. The predicted octanol–water partition coefficient (Wildman–Crippen LogP) is 2.78. The van der Waals surface area contributed by atoms with Crippen molar-refractivity contribution < 1.29 is 9.72 Å². The van der Waals surface area contributed by atoms with Gasteiger partial charge in [0.25, 0.3) is 5.69 Å². The fraction of sp³-hybridized carbons (Fsp3) is 0.429. The molecule has 0 heterocycles. The Labute approximate surface area is 137 Å². The number of carbonyl (C=O) groups excluding carboxylic acids is 1. The molecule has 8 heteroatoms. The number of anilines is 1. The SMILES string of the molecule is CCN(CC(=O)Nc1ccc([N+](=O)[O-])cc1Br)CC(C)C#N. The van der Waals surface area contributed by atoms with E-state index in [9.17, 15) is 14.9 Å². The summed E-state index contributed by atoms with van der Waals surface area (Å²) in [6, 6.07) is 6.28. The van der Waals surface area contributed by atoms with Crippen LogP contribution < -0.4 is 5.32 Å². The highest BCUT2D eigenvalue weighted by Gasteiger charge is 2.15. The molecule has 1 aromatic rings. The van der Waals surface area contributed by atoms with Crippen LogP contribution in [0.5, 0.6) is 0 Å². The van der Waals surface area contributed by atoms with Crippen LogP contribution in [-0.4, -0.2) is 35.4 Å². The van der Waals surface area contributed by atoms with Crippen LogP contribution >= 0.6 is 15.9 Å². The molecule has 0 bridgehead atoms. The van der Waals surface area contributed by atoms with E-state index < -0.39 is 4.92 Å². The second-order valence-corrected chi connectivity index (χ2v) is 5.68. The Morgan fingerprint density at radius 2 is 2.27 bits per heavy atom. The van der Waals surface area contributed by atoms with E-state index >= 15 is 0 Å². The molecule has 118 valence electrons. The number of nitro groups is 1. The summed E-state index contributed by atoms with van der Waals surface area (Å²) in [6.45, 7) is 5.04. The van der Waals surface area contributed by atoms with Crippen LogP contribution in [0.15, 0.2) is 22.7 Å². The molecule has 1 unspecified atom stereocenters. The molecule has 1 atom stereocenters. The summed E-state index contributed by atoms with van der Waals surface area (Å²) in [5.41, 5.74) is 0.419. The minimum Gasteiger partial charge on any atom is -0.324 e. The zero-order valence-electron chi connectivity index (χ0n) is 12.4. The van der Waals surface area contributed by atoms with Crippen molar-refractivity contribution in [3.63, 3.8) is 0 Å². The van der Waals surface area contributed by atoms with Crippen molar-refractivity contribution in [1.82, 2.24) is 4.90 Å². The molecule has 0 fully saturated rings. The van der Waals surface area contributed by atoms with Gasteiger partial charge in [0, 0.05) is 23.2 Å². The Kier molecular flexibility index (Phi) is 6.95. The van der Waals surface area contributed by atoms with Crippen molar-refractivity contribution in [2.45, 2.75) is 13.8 Å². The molecule has 7 nitrogen and oxygen atoms in total. The molecular formula is C14H17BrN4O3. The predicted molar refractivity (Wildman–Crippen MR) is 86.3 cm³/mol. The van der Waals surface area contributed by atoms with Gasteiger partial charge in [0.05, 0.1) is 29.1 Å². The van der Waals surface area contributed by atoms with Gasteiger partial charge in [-0.05, 0) is 35.5 Å². The number of hydrogen-bond acceptors (Lipinski definition) is 5. The van der Waals surface area contributed by atoms with Crippen LogP contribution in [0.2, 0.25) is 0 Å². The van der Waals surface area contributed by atoms with Crippen molar-refractivity contribution in [2.24, 2.45) is 5.92 Å². The van der Waals surface area contributed by atoms with E-state index in [4.69, 9.17) is 5.26 Å². The molecule has 0 aliphatic heterocycles. The normalized spacial score (nSPS) is 11.8. The number of non-ortho nitro benzene ring substituents is 1. The minimum absolute atomic E-state index is 0.0529. The Hall–Kier alpha value is -1.98. The van der Waals surface area contributed by atoms with Crippen LogP contribution in [0, 0.1) is 27.4 Å². The number of amides is 1. The maximum absolute atomic E-state index is 12.0. The van der Waals surface area contributed by atoms with E-state index in [0.29, 0.717) is 23.2 Å². The van der Waals surface area contributed by atoms with Crippen LogP contribution in [0.4, 0.5) is 11.4 Å². The molecule has 0 saturated heterocycles. The van der Waals surface area contributed by atoms with Crippen LogP contribution in [0.1, 0.15) is 13.8 Å². The Morgan fingerprint density at radius 1 is 1.59 bits per heavy atom. The van der Waals surface area contributed by atoms with Crippen LogP contribution in [-0.2, 0) is 4.79 Å². The Balaban J connectivity index is 2.68. The lowest BCUT2D eigenvalue weighted by Crippen LogP contribution is -2.35. The number of benzene rings is 1. The Morgan fingerprint density at radius 3 is 2.77 bits per heavy atom. The number of carbonyl (C=O) groups is 1. The molecule has 1 aromatic carbocycles. The van der Waals surface area contributed by atoms with Gasteiger partial charge in [-0.2, -0.15) is 5.26 Å². The fourth-order valence-electron chi connectivity index (χ4n) is 1.85. The van der Waals surface area contributed by atoms with Crippen LogP contribution in [0.25, 0.3) is 0 Å². The number of hydrogen-bond donors (Lipinski definition) is 1. The molecule has 0 aliphatic rings. The molecule has 0 aliphatic carbocycles. The summed E-state index contributed by atoms with van der Waals surface area (Å²) < 4.78 is 0.448. The van der Waals surface area contributed by atoms with Gasteiger partial charge in [-0.15, -0.1) is 0 Å². The molecule has 1 N–H and O–H groups in total. The quantitative estimate of drug-likeness (QED) is 0.589. The topological polar surface area (TPSA) is 99.3 Å². The average molecular weight is 369 g/mol. The first-order chi connectivity index (χ1) is 10.4. The lowest BCUT2D eigenvalue weighted by molar-refractivity contribution is -0.384. The van der Waals surface area contributed by atoms with Crippen molar-refractivity contribution in [3.8, 4) is 6.07 Å². The number of rotatable bonds is 7. The third kappa shape index (κ3) is 5.42. The molecule has 0 saturated carbocycles. The van der Waals surface area contributed by atoms with Gasteiger partial charge in [0.1, 0.15) is 0 Å². The van der Waals surface area contributed by atoms with E-state index in [2.05, 4.69) is 27.3 Å². The van der Waals surface area contributed by atoms with E-state index in [1.54, 1.807) is 6.92 Å². The van der Waals surface area contributed by atoms with Gasteiger partial charge in [-0.25, -0.2) is 0 Å². The maximum atomic E-state index is 12.0. The standard InChI is InChI=1S/C14H17BrN4O3/c1-3-18(8-10(2)7-16)9-14(20)17-13-5-4-11(19(21)22)6-12(13)15/h4-6,10H,3,8-9H2,1-2H3,(H,17,20). The summed E-state index contributed by atoms with van der Waals surface area (Å²) >= 11 is 3.20. The fourth-order valence-corrected chi connectivity index (χ4v) is 2.31. The third-order valence-electron chi connectivity index (χ3n) is 3.00. The van der Waals surface area contributed by atoms with E-state index in [0.717, 1.165) is 0 Å². The highest BCUT2D eigenvalue weighted by molar-refractivity contribution is 9.10. The maximum Gasteiger partial charge on any atom is 0.270 e. The van der Waals surface area contributed by atoms with Gasteiger partial charge in [0.2, 0.25) is 5.91 Å². The summed E-state index contributed by atoms with van der Waals surface area (Å²) in [6.07, 6.45) is 0. The van der Waals surface area contributed by atoms with E-state index in [1.807, 2.05) is 11.8 Å². The molecule has 0 aromatic heterocycles. The summed E-state index contributed by atoms with van der Waals surface area (Å²) in [5, 5.41) is 22.2. The van der Waals surface area contributed by atoms with E-state index in [1.165, 1.54) is 18.2 Å². The monoisotopic (exact) mass is 368 g/mol. The van der Waals surface area contributed by atoms with Crippen molar-refractivity contribution in [2.75, 3.05) is 25.0 Å². The molecule has 1 rings (SSSR count). The molecule has 1 amide bonds. The Bertz CT molecular complexity index is 600. The lowest BCUT2D eigenvalue weighted by atomic mass is 10.2. The molecule has 0 spiro atoms. The number of nitro benzene ring substituents is 1. The summed E-state index contributed by atoms with van der Waals surface area (Å²) in [7, 11) is 0. The smallest absolute Gasteiger partial charge is 0.270 e. The van der Waals surface area contributed by atoms with Gasteiger partial charge < -0.3 is 5.32 Å². The average Bonchev–Trinajstić information content (AvgIpc) is 2.48. The van der Waals surface area contributed by atoms with Gasteiger partial charge in [0.15, 0.2) is 0 Å². The second-order valence-electron chi connectivity index (χ2n) is 4.83. The first-order valence-corrected chi connectivity index (χ1v) is 7.52. The van der Waals surface area contributed by atoms with Crippen molar-refractivity contribution in [1.29, 1.82) is 5.26 Å². The van der Waals surface area contributed by atoms with Gasteiger partial charge >= 0.3 is 0 Å². The van der Waals surface area contributed by atoms with Crippen molar-refractivity contribution >= 4 is 33.2 Å². The number of nitrogens with zero attached hydrogens (tertiary/aromatic N) is 3. The molecule has 0 radical (unpaired) electrons. The zero-order valence-corrected chi connectivity index (χ0v) is 14.0. The minimum atomic E-state index is -0.502. The highest BCUT2D eigenvalue weighted by atomic mass is 79.9. The summed E-state index contributed by atoms with van der Waals surface area (Å²) in [4.78, 5) is 24.1. The molecular weight excluding hydrogens is 352 g/mol. The zero-order chi connectivity index (χ0) is 16.7. The largest absolute Gasteiger partial charge is 0.324 e. The number of nitriles is 1.